The molecule has 1 aliphatic rings. The second kappa shape index (κ2) is 5.89. The van der Waals surface area contributed by atoms with Crippen molar-refractivity contribution in [2.45, 2.75) is 25.6 Å². The van der Waals surface area contributed by atoms with Gasteiger partial charge < -0.3 is 15.2 Å². The van der Waals surface area contributed by atoms with Crippen molar-refractivity contribution >= 4 is 11.4 Å². The molecule has 0 aromatic heterocycles. The number of nitrogens with zero attached hydrogens (tertiary/aromatic N) is 1. The number of fused-ring (bicyclic) bond motifs is 1. The molecule has 23 heavy (non-hydrogen) atoms. The number of hydrogen-bond donors (Lipinski definition) is 1. The molecule has 1 heterocycles. The Morgan fingerprint density at radius 3 is 2.61 bits per heavy atom. The van der Waals surface area contributed by atoms with E-state index in [2.05, 4.69) is 0 Å². The van der Waals surface area contributed by atoms with Gasteiger partial charge in [-0.3, -0.25) is 10.1 Å². The van der Waals surface area contributed by atoms with Crippen molar-refractivity contribution in [3.05, 3.63) is 63.2 Å². The third kappa shape index (κ3) is 2.85. The summed E-state index contributed by atoms with van der Waals surface area (Å²) in [6, 6.07) is 10.3. The standard InChI is InChI=1S/C17H18N2O4/c1-10-7-12-8-15(18)16(22-2)9-14(12)17(23-10)11-3-5-13(6-4-11)19(20)21/h3-6,8-10,17H,7,18H2,1-2H3. The summed E-state index contributed by atoms with van der Waals surface area (Å²) in [5.41, 5.74) is 9.64. The van der Waals surface area contributed by atoms with Gasteiger partial charge in [0.2, 0.25) is 0 Å². The van der Waals surface area contributed by atoms with Crippen LogP contribution in [0.25, 0.3) is 0 Å². The molecular formula is C17H18N2O4. The summed E-state index contributed by atoms with van der Waals surface area (Å²) >= 11 is 0. The van der Waals surface area contributed by atoms with Gasteiger partial charge >= 0.3 is 0 Å². The fourth-order valence-electron chi connectivity index (χ4n) is 2.95. The predicted octanol–water partition coefficient (Wildman–Crippen LogP) is 3.24. The van der Waals surface area contributed by atoms with Crippen LogP contribution in [0.5, 0.6) is 5.75 Å². The lowest BCUT2D eigenvalue weighted by molar-refractivity contribution is -0.384. The van der Waals surface area contributed by atoms with Crippen LogP contribution in [0.1, 0.15) is 29.7 Å². The molecule has 0 saturated carbocycles. The highest BCUT2D eigenvalue weighted by atomic mass is 16.6. The summed E-state index contributed by atoms with van der Waals surface area (Å²) in [7, 11) is 1.57. The van der Waals surface area contributed by atoms with Gasteiger partial charge in [-0.05, 0) is 54.3 Å². The number of benzene rings is 2. The maximum Gasteiger partial charge on any atom is 0.269 e. The number of nitro benzene ring substituents is 1. The van der Waals surface area contributed by atoms with E-state index in [1.54, 1.807) is 19.2 Å². The first kappa shape index (κ1) is 15.3. The van der Waals surface area contributed by atoms with Crippen molar-refractivity contribution < 1.29 is 14.4 Å². The van der Waals surface area contributed by atoms with Crippen LogP contribution in [0.4, 0.5) is 11.4 Å². The summed E-state index contributed by atoms with van der Waals surface area (Å²) < 4.78 is 11.4. The summed E-state index contributed by atoms with van der Waals surface area (Å²) in [6.45, 7) is 2.00. The molecule has 0 bridgehead atoms. The summed E-state index contributed by atoms with van der Waals surface area (Å²) in [4.78, 5) is 10.4. The van der Waals surface area contributed by atoms with Crippen LogP contribution in [-0.4, -0.2) is 18.1 Å². The quantitative estimate of drug-likeness (QED) is 0.534. The zero-order chi connectivity index (χ0) is 16.6. The van der Waals surface area contributed by atoms with E-state index in [9.17, 15) is 10.1 Å². The number of nitrogen functional groups attached to an aromatic ring is 1. The van der Waals surface area contributed by atoms with Crippen molar-refractivity contribution in [3.63, 3.8) is 0 Å². The molecule has 0 radical (unpaired) electrons. The number of non-ortho nitro benzene ring substituents is 1. The largest absolute Gasteiger partial charge is 0.495 e. The molecule has 0 aliphatic carbocycles. The van der Waals surface area contributed by atoms with Crippen molar-refractivity contribution in [2.75, 3.05) is 12.8 Å². The lowest BCUT2D eigenvalue weighted by Crippen LogP contribution is -2.24. The Kier molecular flexibility index (Phi) is 3.92. The molecule has 2 aromatic carbocycles. The zero-order valence-electron chi connectivity index (χ0n) is 13.0. The minimum Gasteiger partial charge on any atom is -0.495 e. The van der Waals surface area contributed by atoms with Gasteiger partial charge in [0.15, 0.2) is 0 Å². The van der Waals surface area contributed by atoms with Crippen LogP contribution < -0.4 is 10.5 Å². The molecule has 2 aromatic rings. The Hall–Kier alpha value is -2.60. The van der Waals surface area contributed by atoms with Crippen molar-refractivity contribution in [2.24, 2.45) is 0 Å². The van der Waals surface area contributed by atoms with Gasteiger partial charge in [-0.1, -0.05) is 0 Å². The van der Waals surface area contributed by atoms with Crippen LogP contribution in [-0.2, 0) is 11.2 Å². The number of nitrogens with two attached hydrogens (primary N) is 1. The zero-order valence-corrected chi connectivity index (χ0v) is 13.0. The van der Waals surface area contributed by atoms with Crippen LogP contribution in [0.3, 0.4) is 0 Å². The highest BCUT2D eigenvalue weighted by Gasteiger charge is 2.28. The average molecular weight is 314 g/mol. The number of anilines is 1. The number of rotatable bonds is 3. The summed E-state index contributed by atoms with van der Waals surface area (Å²) in [5, 5.41) is 10.8. The fourth-order valence-corrected chi connectivity index (χ4v) is 2.95. The van der Waals surface area contributed by atoms with Gasteiger partial charge in [0.25, 0.3) is 5.69 Å². The van der Waals surface area contributed by atoms with Crippen LogP contribution in [0.15, 0.2) is 36.4 Å². The van der Waals surface area contributed by atoms with E-state index < -0.39 is 4.92 Å². The molecule has 3 rings (SSSR count). The maximum atomic E-state index is 10.8. The molecular weight excluding hydrogens is 296 g/mol. The van der Waals surface area contributed by atoms with Crippen LogP contribution >= 0.6 is 0 Å². The van der Waals surface area contributed by atoms with E-state index in [-0.39, 0.29) is 17.9 Å². The number of ether oxygens (including phenoxy) is 2. The molecule has 0 saturated heterocycles. The molecule has 6 heteroatoms. The smallest absolute Gasteiger partial charge is 0.269 e. The maximum absolute atomic E-state index is 10.8. The highest BCUT2D eigenvalue weighted by molar-refractivity contribution is 5.59. The molecule has 6 nitrogen and oxygen atoms in total. The second-order valence-electron chi connectivity index (χ2n) is 5.67. The monoisotopic (exact) mass is 314 g/mol. The third-order valence-electron chi connectivity index (χ3n) is 4.06. The SMILES string of the molecule is COc1cc2c(cc1N)CC(C)OC2c1ccc([N+](=O)[O-])cc1. The molecule has 2 unspecified atom stereocenters. The summed E-state index contributed by atoms with van der Waals surface area (Å²) in [5.74, 6) is 0.605. The Bertz CT molecular complexity index is 743. The van der Waals surface area contributed by atoms with E-state index in [0.717, 1.165) is 23.1 Å². The molecule has 1 aliphatic heterocycles. The first-order valence-corrected chi connectivity index (χ1v) is 7.35. The minimum atomic E-state index is -0.411. The Morgan fingerprint density at radius 2 is 2.00 bits per heavy atom. The lowest BCUT2D eigenvalue weighted by Gasteiger charge is -2.31. The number of methoxy groups -OCH3 is 1. The van der Waals surface area contributed by atoms with Gasteiger partial charge in [0.05, 0.1) is 23.8 Å². The van der Waals surface area contributed by atoms with Crippen molar-refractivity contribution in [1.82, 2.24) is 0 Å². The number of hydrogen-bond acceptors (Lipinski definition) is 5. The van der Waals surface area contributed by atoms with Gasteiger partial charge in [-0.2, -0.15) is 0 Å². The Balaban J connectivity index is 2.05. The van der Waals surface area contributed by atoms with Gasteiger partial charge in [0, 0.05) is 12.1 Å². The molecule has 0 amide bonds. The second-order valence-corrected chi connectivity index (χ2v) is 5.67. The van der Waals surface area contributed by atoms with E-state index >= 15 is 0 Å². The third-order valence-corrected chi connectivity index (χ3v) is 4.06. The molecule has 120 valence electrons. The Labute approximate surface area is 134 Å². The predicted molar refractivity (Wildman–Crippen MR) is 86.6 cm³/mol. The van der Waals surface area contributed by atoms with Crippen molar-refractivity contribution in [3.8, 4) is 5.75 Å². The Morgan fingerprint density at radius 1 is 1.30 bits per heavy atom. The van der Waals surface area contributed by atoms with Crippen molar-refractivity contribution in [1.29, 1.82) is 0 Å². The van der Waals surface area contributed by atoms with Crippen LogP contribution in [0.2, 0.25) is 0 Å². The topological polar surface area (TPSA) is 87.6 Å². The molecule has 2 N–H and O–H groups in total. The van der Waals surface area contributed by atoms with Gasteiger partial charge in [-0.15, -0.1) is 0 Å². The minimum absolute atomic E-state index is 0.0375. The average Bonchev–Trinajstić information content (AvgIpc) is 2.53. The van der Waals surface area contributed by atoms with E-state index in [1.807, 2.05) is 19.1 Å². The molecule has 0 fully saturated rings. The van der Waals surface area contributed by atoms with Gasteiger partial charge in [0.1, 0.15) is 11.9 Å². The summed E-state index contributed by atoms with van der Waals surface area (Å²) in [6.07, 6.45) is 0.520. The fraction of sp³-hybridized carbons (Fsp3) is 0.294. The van der Waals surface area contributed by atoms with Crippen LogP contribution in [0, 0.1) is 10.1 Å². The van der Waals surface area contributed by atoms with E-state index in [1.165, 1.54) is 12.1 Å². The van der Waals surface area contributed by atoms with E-state index in [4.69, 9.17) is 15.2 Å². The highest BCUT2D eigenvalue weighted by Crippen LogP contribution is 2.39. The normalized spacial score (nSPS) is 19.9. The lowest BCUT2D eigenvalue weighted by atomic mass is 9.90. The number of nitro groups is 1. The molecule has 0 spiro atoms. The molecule has 2 atom stereocenters. The first-order chi connectivity index (χ1) is 11.0. The van der Waals surface area contributed by atoms with Gasteiger partial charge in [-0.25, -0.2) is 0 Å². The first-order valence-electron chi connectivity index (χ1n) is 7.35. The van der Waals surface area contributed by atoms with E-state index in [0.29, 0.717) is 11.4 Å².